The summed E-state index contributed by atoms with van der Waals surface area (Å²) in [7, 11) is 0. The molecule has 0 spiro atoms. The molecular formula is C26H17F2N3O. The Labute approximate surface area is 181 Å². The fraction of sp³-hybridized carbons (Fsp3) is 0.0769. The van der Waals surface area contributed by atoms with Crippen LogP contribution < -0.4 is 0 Å². The zero-order chi connectivity index (χ0) is 21.8. The lowest BCUT2D eigenvalue weighted by atomic mass is 9.97. The first-order valence-corrected chi connectivity index (χ1v) is 10.4. The minimum absolute atomic E-state index is 0.218. The Morgan fingerprint density at radius 2 is 1.62 bits per heavy atom. The van der Waals surface area contributed by atoms with Crippen LogP contribution in [0.2, 0.25) is 0 Å². The van der Waals surface area contributed by atoms with Crippen LogP contribution in [-0.4, -0.2) is 14.5 Å². The summed E-state index contributed by atoms with van der Waals surface area (Å²) in [5.41, 5.74) is 5.19. The number of aryl methyl sites for hydroxylation is 1. The molecule has 0 unspecified atom stereocenters. The van der Waals surface area contributed by atoms with Crippen molar-refractivity contribution in [2.75, 3.05) is 0 Å². The molecule has 6 aromatic rings. The van der Waals surface area contributed by atoms with Gasteiger partial charge in [0.1, 0.15) is 17.2 Å². The number of nitrogens with zero attached hydrogens (tertiary/aromatic N) is 3. The van der Waals surface area contributed by atoms with Gasteiger partial charge in [0.15, 0.2) is 0 Å². The minimum Gasteiger partial charge on any atom is -0.437 e. The van der Waals surface area contributed by atoms with Gasteiger partial charge in [0, 0.05) is 17.3 Å². The zero-order valence-electron chi connectivity index (χ0n) is 17.1. The highest BCUT2D eigenvalue weighted by molar-refractivity contribution is 6.15. The van der Waals surface area contributed by atoms with Crippen molar-refractivity contribution in [1.29, 1.82) is 0 Å². The van der Waals surface area contributed by atoms with E-state index in [1.54, 1.807) is 18.2 Å². The topological polar surface area (TPSA) is 43.9 Å². The van der Waals surface area contributed by atoms with E-state index in [9.17, 15) is 8.78 Å². The molecular weight excluding hydrogens is 408 g/mol. The van der Waals surface area contributed by atoms with Crippen molar-refractivity contribution in [3.05, 3.63) is 84.6 Å². The molecule has 4 nitrogen and oxygen atoms in total. The van der Waals surface area contributed by atoms with Crippen LogP contribution in [0.15, 0.2) is 77.2 Å². The maximum atomic E-state index is 13.9. The SMILES string of the molecule is CCn1c(-c2ccc(-c3ccc(F)cc3)c3c2oc2nc(F)ccc23)nc2ccccc21. The summed E-state index contributed by atoms with van der Waals surface area (Å²) in [5, 5.41) is 1.49. The fourth-order valence-electron chi connectivity index (χ4n) is 4.39. The Balaban J connectivity index is 1.72. The summed E-state index contributed by atoms with van der Waals surface area (Å²) in [6, 6.07) is 21.2. The molecule has 0 amide bonds. The van der Waals surface area contributed by atoms with Crippen molar-refractivity contribution in [2.24, 2.45) is 0 Å². The second-order valence-corrected chi connectivity index (χ2v) is 7.63. The van der Waals surface area contributed by atoms with Gasteiger partial charge >= 0.3 is 0 Å². The third-order valence-corrected chi connectivity index (χ3v) is 5.82. The predicted octanol–water partition coefficient (Wildman–Crippen LogP) is 6.96. The molecule has 0 atom stereocenters. The molecule has 3 aromatic carbocycles. The van der Waals surface area contributed by atoms with Crippen LogP contribution in [0.5, 0.6) is 0 Å². The Bertz CT molecular complexity index is 1630. The Hall–Kier alpha value is -4.06. The molecule has 32 heavy (non-hydrogen) atoms. The summed E-state index contributed by atoms with van der Waals surface area (Å²) < 4.78 is 35.7. The van der Waals surface area contributed by atoms with Crippen molar-refractivity contribution in [1.82, 2.24) is 14.5 Å². The van der Waals surface area contributed by atoms with Gasteiger partial charge < -0.3 is 8.98 Å². The third kappa shape index (κ3) is 2.73. The molecule has 6 heteroatoms. The number of para-hydroxylation sites is 2. The van der Waals surface area contributed by atoms with Crippen LogP contribution in [0.25, 0.3) is 55.6 Å². The highest BCUT2D eigenvalue weighted by Crippen LogP contribution is 2.41. The summed E-state index contributed by atoms with van der Waals surface area (Å²) >= 11 is 0. The minimum atomic E-state index is -0.609. The summed E-state index contributed by atoms with van der Waals surface area (Å²) in [4.78, 5) is 8.83. The van der Waals surface area contributed by atoms with Crippen molar-refractivity contribution in [2.45, 2.75) is 13.5 Å². The van der Waals surface area contributed by atoms with E-state index >= 15 is 0 Å². The molecule has 0 aliphatic carbocycles. The van der Waals surface area contributed by atoms with Crippen molar-refractivity contribution in [3.8, 4) is 22.5 Å². The van der Waals surface area contributed by atoms with E-state index in [0.717, 1.165) is 45.5 Å². The summed E-state index contributed by atoms with van der Waals surface area (Å²) in [5.74, 6) is -0.148. The molecule has 3 aromatic heterocycles. The number of imidazole rings is 1. The average molecular weight is 425 g/mol. The highest BCUT2D eigenvalue weighted by atomic mass is 19.1. The number of fused-ring (bicyclic) bond motifs is 4. The van der Waals surface area contributed by atoms with E-state index in [1.807, 2.05) is 36.4 Å². The van der Waals surface area contributed by atoms with Crippen LogP contribution in [0, 0.1) is 11.8 Å². The quantitative estimate of drug-likeness (QED) is 0.288. The average Bonchev–Trinajstić information content (AvgIpc) is 3.37. The van der Waals surface area contributed by atoms with E-state index in [0.29, 0.717) is 11.0 Å². The number of pyridine rings is 1. The lowest BCUT2D eigenvalue weighted by molar-refractivity contribution is 0.569. The largest absolute Gasteiger partial charge is 0.437 e. The van der Waals surface area contributed by atoms with Gasteiger partial charge in [0.2, 0.25) is 11.7 Å². The first-order chi connectivity index (χ1) is 15.6. The molecule has 0 N–H and O–H groups in total. The maximum absolute atomic E-state index is 13.9. The summed E-state index contributed by atoms with van der Waals surface area (Å²) in [6.07, 6.45) is 0. The molecule has 0 fully saturated rings. The first kappa shape index (κ1) is 18.7. The Kier molecular flexibility index (Phi) is 4.08. The number of halogens is 2. The monoisotopic (exact) mass is 425 g/mol. The van der Waals surface area contributed by atoms with Crippen molar-refractivity contribution < 1.29 is 13.2 Å². The number of hydrogen-bond acceptors (Lipinski definition) is 3. The molecule has 0 aliphatic heterocycles. The number of furan rings is 1. The van der Waals surface area contributed by atoms with Gasteiger partial charge in [-0.2, -0.15) is 9.37 Å². The van der Waals surface area contributed by atoms with Gasteiger partial charge in [-0.1, -0.05) is 30.3 Å². The van der Waals surface area contributed by atoms with E-state index in [1.165, 1.54) is 18.2 Å². The van der Waals surface area contributed by atoms with E-state index < -0.39 is 5.95 Å². The number of aromatic nitrogens is 3. The van der Waals surface area contributed by atoms with Gasteiger partial charge in [-0.25, -0.2) is 9.37 Å². The molecule has 0 radical (unpaired) electrons. The van der Waals surface area contributed by atoms with Crippen molar-refractivity contribution >= 4 is 33.1 Å². The molecule has 0 saturated heterocycles. The zero-order valence-corrected chi connectivity index (χ0v) is 17.1. The predicted molar refractivity (Wildman–Crippen MR) is 121 cm³/mol. The first-order valence-electron chi connectivity index (χ1n) is 10.4. The lowest BCUT2D eigenvalue weighted by Crippen LogP contribution is -1.98. The van der Waals surface area contributed by atoms with E-state index in [4.69, 9.17) is 9.40 Å². The fourth-order valence-corrected chi connectivity index (χ4v) is 4.39. The molecule has 156 valence electrons. The van der Waals surface area contributed by atoms with Gasteiger partial charge in [-0.15, -0.1) is 0 Å². The molecule has 3 heterocycles. The van der Waals surface area contributed by atoms with Crippen molar-refractivity contribution in [3.63, 3.8) is 0 Å². The highest BCUT2D eigenvalue weighted by Gasteiger charge is 2.21. The van der Waals surface area contributed by atoms with Crippen LogP contribution in [0.1, 0.15) is 6.92 Å². The second-order valence-electron chi connectivity index (χ2n) is 7.63. The Morgan fingerprint density at radius 3 is 2.44 bits per heavy atom. The molecule has 0 saturated carbocycles. The standard InChI is InChI=1S/C26H17F2N3O/c1-2-31-21-6-4-3-5-20(21)29-25(31)19-12-11-17(15-7-9-16(27)10-8-15)23-18-13-14-22(28)30-26(18)32-24(19)23/h3-14H,2H2,1H3. The van der Waals surface area contributed by atoms with Gasteiger partial charge in [-0.05, 0) is 60.5 Å². The lowest BCUT2D eigenvalue weighted by Gasteiger charge is -2.10. The van der Waals surface area contributed by atoms with Crippen LogP contribution >= 0.6 is 0 Å². The van der Waals surface area contributed by atoms with E-state index in [2.05, 4.69) is 16.5 Å². The second kappa shape index (κ2) is 6.99. The van der Waals surface area contributed by atoms with E-state index in [-0.39, 0.29) is 11.5 Å². The van der Waals surface area contributed by atoms with Gasteiger partial charge in [0.25, 0.3) is 0 Å². The molecule has 0 aliphatic rings. The normalized spacial score (nSPS) is 11.7. The van der Waals surface area contributed by atoms with Gasteiger partial charge in [0.05, 0.1) is 16.6 Å². The molecule has 6 rings (SSSR count). The van der Waals surface area contributed by atoms with Crippen LogP contribution in [-0.2, 0) is 6.54 Å². The van der Waals surface area contributed by atoms with Crippen LogP contribution in [0.4, 0.5) is 8.78 Å². The molecule has 0 bridgehead atoms. The third-order valence-electron chi connectivity index (χ3n) is 5.82. The summed E-state index contributed by atoms with van der Waals surface area (Å²) in [6.45, 7) is 2.79. The number of benzene rings is 3. The van der Waals surface area contributed by atoms with Gasteiger partial charge in [-0.3, -0.25) is 0 Å². The number of hydrogen-bond donors (Lipinski definition) is 0. The maximum Gasteiger partial charge on any atom is 0.230 e. The van der Waals surface area contributed by atoms with Crippen LogP contribution in [0.3, 0.4) is 0 Å². The smallest absolute Gasteiger partial charge is 0.230 e. The Morgan fingerprint density at radius 1 is 0.844 bits per heavy atom. The number of rotatable bonds is 3.